The van der Waals surface area contributed by atoms with Gasteiger partial charge in [0, 0.05) is 30.1 Å². The van der Waals surface area contributed by atoms with Gasteiger partial charge in [-0.25, -0.2) is 0 Å². The highest BCUT2D eigenvalue weighted by atomic mass is 32.2. The normalized spacial score (nSPS) is 27.5. The maximum Gasteiger partial charge on any atom is 0.446 e. The number of nitrogens with zero attached hydrogens (tertiary/aromatic N) is 2. The molecule has 29 heavy (non-hydrogen) atoms. The number of piperazine rings is 1. The number of aliphatic hydroxyl groups excluding tert-OH is 1. The molecule has 1 saturated heterocycles. The number of benzene rings is 1. The molecule has 0 aromatic heterocycles. The van der Waals surface area contributed by atoms with E-state index in [0.717, 1.165) is 6.54 Å². The lowest BCUT2D eigenvalue weighted by Crippen LogP contribution is -2.59. The summed E-state index contributed by atoms with van der Waals surface area (Å²) in [6.07, 6.45) is 1.35. The number of aliphatic hydroxyl groups is 1. The Morgan fingerprint density at radius 2 is 2.00 bits per heavy atom. The summed E-state index contributed by atoms with van der Waals surface area (Å²) in [6.45, 7) is 5.75. The van der Waals surface area contributed by atoms with E-state index >= 15 is 0 Å². The van der Waals surface area contributed by atoms with E-state index < -0.39 is 23.3 Å². The number of hydrogen-bond acceptors (Lipinski definition) is 5. The molecule has 1 aliphatic carbocycles. The van der Waals surface area contributed by atoms with Crippen LogP contribution in [0.2, 0.25) is 0 Å². The summed E-state index contributed by atoms with van der Waals surface area (Å²) in [5.41, 5.74) is -4.96. The van der Waals surface area contributed by atoms with Crippen molar-refractivity contribution in [1.29, 1.82) is 0 Å². The summed E-state index contributed by atoms with van der Waals surface area (Å²) in [6, 6.07) is 3.51. The van der Waals surface area contributed by atoms with Gasteiger partial charge in [-0.3, -0.25) is 9.69 Å². The summed E-state index contributed by atoms with van der Waals surface area (Å²) in [7, 11) is 0. The van der Waals surface area contributed by atoms with Crippen molar-refractivity contribution < 1.29 is 27.8 Å². The van der Waals surface area contributed by atoms with Gasteiger partial charge < -0.3 is 14.7 Å². The number of ether oxygens (including phenoxy) is 1. The van der Waals surface area contributed by atoms with E-state index in [1.54, 1.807) is 18.7 Å². The number of thioether (sulfide) groups is 1. The molecule has 9 heteroatoms. The van der Waals surface area contributed by atoms with Gasteiger partial charge in [-0.1, -0.05) is 0 Å². The van der Waals surface area contributed by atoms with Gasteiger partial charge >= 0.3 is 5.51 Å². The van der Waals surface area contributed by atoms with Gasteiger partial charge in [-0.15, -0.1) is 0 Å². The fourth-order valence-electron chi connectivity index (χ4n) is 4.13. The standard InChI is InChI=1S/C20H25F3N2O3S/c1-19(2)18(27)17(25-8-7-24(11-16(25)26)10-12-3-4-12)14-9-13(29-20(21,22)23)5-6-15(14)28-19/h5-6,9,12,17-18,27H,3-4,7-8,10-11H2,1-2H3/t17-,18+/m0/s1. The molecule has 1 N–H and O–H groups in total. The smallest absolute Gasteiger partial charge is 0.446 e. The second-order valence-electron chi connectivity index (χ2n) is 8.61. The largest absolute Gasteiger partial charge is 0.485 e. The van der Waals surface area contributed by atoms with Gasteiger partial charge in [0.05, 0.1) is 12.6 Å². The molecule has 0 radical (unpaired) electrons. The number of amides is 1. The SMILES string of the molecule is CC1(C)Oc2ccc(SC(F)(F)F)cc2[C@H](N2CCN(CC3CC3)CC2=O)[C@H]1O. The van der Waals surface area contributed by atoms with Crippen molar-refractivity contribution in [2.75, 3.05) is 26.2 Å². The van der Waals surface area contributed by atoms with Crippen molar-refractivity contribution in [1.82, 2.24) is 9.80 Å². The minimum Gasteiger partial charge on any atom is -0.485 e. The average molecular weight is 430 g/mol. The quantitative estimate of drug-likeness (QED) is 0.742. The Kier molecular flexibility index (Phi) is 5.28. The predicted octanol–water partition coefficient (Wildman–Crippen LogP) is 3.43. The van der Waals surface area contributed by atoms with Crippen molar-refractivity contribution in [3.63, 3.8) is 0 Å². The number of carbonyl (C=O) groups is 1. The van der Waals surface area contributed by atoms with Crippen LogP contribution in [0, 0.1) is 5.92 Å². The maximum atomic E-state index is 12.9. The number of carbonyl (C=O) groups excluding carboxylic acids is 1. The zero-order valence-corrected chi connectivity index (χ0v) is 17.2. The Hall–Kier alpha value is -1.45. The summed E-state index contributed by atoms with van der Waals surface area (Å²) in [5.74, 6) is 0.966. The molecule has 1 aromatic carbocycles. The Morgan fingerprint density at radius 1 is 1.28 bits per heavy atom. The number of hydrogen-bond donors (Lipinski definition) is 1. The second-order valence-corrected chi connectivity index (χ2v) is 9.75. The first-order chi connectivity index (χ1) is 13.5. The van der Waals surface area contributed by atoms with E-state index in [4.69, 9.17) is 4.74 Å². The Morgan fingerprint density at radius 3 is 2.62 bits per heavy atom. The Bertz CT molecular complexity index is 798. The number of halogens is 3. The molecular formula is C20H25F3N2O3S. The van der Waals surface area contributed by atoms with E-state index in [1.165, 1.54) is 31.0 Å². The van der Waals surface area contributed by atoms with Crippen molar-refractivity contribution in [2.24, 2.45) is 5.92 Å². The molecule has 4 rings (SSSR count). The molecule has 160 valence electrons. The Labute approximate surface area is 172 Å². The fraction of sp³-hybridized carbons (Fsp3) is 0.650. The molecule has 1 aromatic rings. The van der Waals surface area contributed by atoms with Crippen molar-refractivity contribution in [2.45, 2.75) is 54.8 Å². The zero-order chi connectivity index (χ0) is 21.0. The van der Waals surface area contributed by atoms with Crippen LogP contribution in [-0.4, -0.2) is 64.2 Å². The van der Waals surface area contributed by atoms with Crippen LogP contribution >= 0.6 is 11.8 Å². The molecule has 0 unspecified atom stereocenters. The summed E-state index contributed by atoms with van der Waals surface area (Å²) >= 11 is -0.211. The topological polar surface area (TPSA) is 53.0 Å². The van der Waals surface area contributed by atoms with Crippen LogP contribution in [0.25, 0.3) is 0 Å². The summed E-state index contributed by atoms with van der Waals surface area (Å²) in [4.78, 5) is 16.7. The van der Waals surface area contributed by atoms with E-state index in [9.17, 15) is 23.1 Å². The molecule has 5 nitrogen and oxygen atoms in total. The van der Waals surface area contributed by atoms with Gasteiger partial charge in [0.1, 0.15) is 17.5 Å². The van der Waals surface area contributed by atoms with Crippen molar-refractivity contribution >= 4 is 17.7 Å². The molecule has 0 bridgehead atoms. The van der Waals surface area contributed by atoms with Gasteiger partial charge in [-0.2, -0.15) is 13.2 Å². The zero-order valence-electron chi connectivity index (χ0n) is 16.4. The highest BCUT2D eigenvalue weighted by molar-refractivity contribution is 8.00. The third-order valence-corrected chi connectivity index (χ3v) is 6.52. The summed E-state index contributed by atoms with van der Waals surface area (Å²) < 4.78 is 44.4. The van der Waals surface area contributed by atoms with Crippen LogP contribution in [0.4, 0.5) is 13.2 Å². The molecule has 2 heterocycles. The number of alkyl halides is 3. The maximum absolute atomic E-state index is 12.9. The van der Waals surface area contributed by atoms with Crippen LogP contribution in [-0.2, 0) is 4.79 Å². The van der Waals surface area contributed by atoms with Gasteiger partial charge in [0.2, 0.25) is 5.91 Å². The van der Waals surface area contributed by atoms with Crippen molar-refractivity contribution in [3.05, 3.63) is 23.8 Å². The second kappa shape index (κ2) is 7.35. The lowest BCUT2D eigenvalue weighted by atomic mass is 9.85. The first kappa shape index (κ1) is 20.8. The van der Waals surface area contributed by atoms with Gasteiger partial charge in [-0.05, 0) is 62.6 Å². The lowest BCUT2D eigenvalue weighted by Gasteiger charge is -2.48. The molecule has 3 aliphatic rings. The van der Waals surface area contributed by atoms with E-state index in [0.29, 0.717) is 30.3 Å². The molecule has 1 amide bonds. The van der Waals surface area contributed by atoms with Crippen LogP contribution < -0.4 is 4.74 Å². The average Bonchev–Trinajstić information content (AvgIpc) is 3.40. The van der Waals surface area contributed by atoms with E-state index in [1.807, 2.05) is 0 Å². The van der Waals surface area contributed by atoms with Crippen LogP contribution in [0.1, 0.15) is 38.3 Å². The molecular weight excluding hydrogens is 405 g/mol. The van der Waals surface area contributed by atoms with Crippen molar-refractivity contribution in [3.8, 4) is 5.75 Å². The highest BCUT2D eigenvalue weighted by Gasteiger charge is 2.48. The van der Waals surface area contributed by atoms with E-state index in [2.05, 4.69) is 4.90 Å². The monoisotopic (exact) mass is 430 g/mol. The molecule has 1 saturated carbocycles. The van der Waals surface area contributed by atoms with E-state index in [-0.39, 0.29) is 29.1 Å². The van der Waals surface area contributed by atoms with Crippen LogP contribution in [0.15, 0.2) is 23.1 Å². The third-order valence-electron chi connectivity index (χ3n) is 5.80. The number of fused-ring (bicyclic) bond motifs is 1. The highest BCUT2D eigenvalue weighted by Crippen LogP contribution is 2.46. The minimum atomic E-state index is -4.42. The summed E-state index contributed by atoms with van der Waals surface area (Å²) in [5, 5.41) is 11.0. The first-order valence-electron chi connectivity index (χ1n) is 9.82. The molecule has 0 spiro atoms. The van der Waals surface area contributed by atoms with Crippen LogP contribution in [0.5, 0.6) is 5.75 Å². The molecule has 2 fully saturated rings. The minimum absolute atomic E-state index is 0.0107. The predicted molar refractivity (Wildman–Crippen MR) is 103 cm³/mol. The molecule has 2 atom stereocenters. The van der Waals surface area contributed by atoms with Gasteiger partial charge in [0.25, 0.3) is 0 Å². The third kappa shape index (κ3) is 4.51. The Balaban J connectivity index is 1.63. The molecule has 2 aliphatic heterocycles. The van der Waals surface area contributed by atoms with Gasteiger partial charge in [0.15, 0.2) is 0 Å². The van der Waals surface area contributed by atoms with Crippen LogP contribution in [0.3, 0.4) is 0 Å². The fourth-order valence-corrected chi connectivity index (χ4v) is 4.72. The number of rotatable bonds is 4. The first-order valence-corrected chi connectivity index (χ1v) is 10.6. The lowest BCUT2D eigenvalue weighted by molar-refractivity contribution is -0.150.